The Morgan fingerprint density at radius 3 is 2.56 bits per heavy atom. The van der Waals surface area contributed by atoms with Gasteiger partial charge in [0.25, 0.3) is 0 Å². The van der Waals surface area contributed by atoms with Crippen molar-refractivity contribution in [3.8, 4) is 0 Å². The molecule has 6 unspecified atom stereocenters. The highest BCUT2D eigenvalue weighted by atomic mass is 16.3. The molecule has 1 amide bonds. The smallest absolute Gasteiger partial charge is 0.223 e. The van der Waals surface area contributed by atoms with Crippen molar-refractivity contribution in [3.63, 3.8) is 0 Å². The Balaban J connectivity index is 1.17. The number of carbonyl (C=O) groups excluding carboxylic acids is 1. The normalized spacial score (nSPS) is 41.7. The van der Waals surface area contributed by atoms with Crippen molar-refractivity contribution in [2.75, 3.05) is 13.1 Å². The summed E-state index contributed by atoms with van der Waals surface area (Å²) in [5.74, 6) is 3.68. The van der Waals surface area contributed by atoms with E-state index >= 15 is 0 Å². The Kier molecular flexibility index (Phi) is 3.86. The predicted octanol–water partition coefficient (Wildman–Crippen LogP) is 2.03. The van der Waals surface area contributed by atoms with Crippen LogP contribution in [-0.2, 0) is 11.3 Å². The molecule has 1 aliphatic heterocycles. The number of nitrogens with zero attached hydrogens (tertiary/aromatic N) is 1. The minimum atomic E-state index is -0.276. The van der Waals surface area contributed by atoms with Crippen LogP contribution < -0.4 is 5.32 Å². The van der Waals surface area contributed by atoms with E-state index in [1.807, 2.05) is 6.07 Å². The molecular weight excluding hydrogens is 312 g/mol. The summed E-state index contributed by atoms with van der Waals surface area (Å²) in [5.41, 5.74) is 1.27. The summed E-state index contributed by atoms with van der Waals surface area (Å²) in [6.07, 6.45) is 4.58. The predicted molar refractivity (Wildman–Crippen MR) is 95.6 cm³/mol. The first-order valence-corrected chi connectivity index (χ1v) is 9.94. The molecule has 1 heterocycles. The molecule has 134 valence electrons. The van der Waals surface area contributed by atoms with E-state index < -0.39 is 0 Å². The van der Waals surface area contributed by atoms with Crippen LogP contribution in [0.3, 0.4) is 0 Å². The van der Waals surface area contributed by atoms with E-state index in [4.69, 9.17) is 0 Å². The standard InChI is InChI=1S/C21H28N2O2/c24-17-9-16(23(12-17)11-13-4-2-1-3-5-13)10-22-21(25)20-18-14-6-7-15(8-14)19(18)20/h1-5,14-20,24H,6-12H2,(H,22,25). The molecule has 2 N–H and O–H groups in total. The number of carbonyl (C=O) groups is 1. The molecule has 25 heavy (non-hydrogen) atoms. The van der Waals surface area contributed by atoms with Gasteiger partial charge in [0.05, 0.1) is 6.10 Å². The fourth-order valence-corrected chi connectivity index (χ4v) is 6.19. The molecule has 1 aromatic carbocycles. The van der Waals surface area contributed by atoms with Gasteiger partial charge in [-0.05, 0) is 54.9 Å². The number of amides is 1. The summed E-state index contributed by atoms with van der Waals surface area (Å²) in [7, 11) is 0. The lowest BCUT2D eigenvalue weighted by Gasteiger charge is -2.24. The lowest BCUT2D eigenvalue weighted by Crippen LogP contribution is -2.40. The number of rotatable bonds is 5. The number of likely N-dealkylation sites (tertiary alicyclic amines) is 1. The highest BCUT2D eigenvalue weighted by molar-refractivity contribution is 5.82. The lowest BCUT2D eigenvalue weighted by atomic mass is 10.0. The third-order valence-corrected chi connectivity index (χ3v) is 7.28. The number of fused-ring (bicyclic) bond motifs is 5. The second kappa shape index (κ2) is 6.10. The van der Waals surface area contributed by atoms with E-state index in [0.29, 0.717) is 30.8 Å². The highest BCUT2D eigenvalue weighted by Gasteiger charge is 2.67. The van der Waals surface area contributed by atoms with Crippen LogP contribution in [-0.4, -0.2) is 41.1 Å². The van der Waals surface area contributed by atoms with Crippen LogP contribution in [0.25, 0.3) is 0 Å². The first-order valence-electron chi connectivity index (χ1n) is 9.94. The number of β-amino-alcohol motifs (C(OH)–C–C–N with tert-alkyl or cyclic N) is 1. The van der Waals surface area contributed by atoms with Crippen LogP contribution in [0.5, 0.6) is 0 Å². The van der Waals surface area contributed by atoms with Crippen LogP contribution in [0.15, 0.2) is 30.3 Å². The molecular formula is C21H28N2O2. The molecule has 0 radical (unpaired) electrons. The molecule has 3 saturated carbocycles. The van der Waals surface area contributed by atoms with Gasteiger partial charge in [-0.1, -0.05) is 30.3 Å². The molecule has 5 rings (SSSR count). The summed E-state index contributed by atoms with van der Waals surface area (Å²) < 4.78 is 0. The van der Waals surface area contributed by atoms with Crippen LogP contribution >= 0.6 is 0 Å². The Morgan fingerprint density at radius 1 is 1.12 bits per heavy atom. The van der Waals surface area contributed by atoms with Gasteiger partial charge in [0.15, 0.2) is 0 Å². The average molecular weight is 340 g/mol. The summed E-state index contributed by atoms with van der Waals surface area (Å²) in [6, 6.07) is 10.6. The van der Waals surface area contributed by atoms with Gasteiger partial charge >= 0.3 is 0 Å². The van der Waals surface area contributed by atoms with Crippen LogP contribution in [0, 0.1) is 29.6 Å². The topological polar surface area (TPSA) is 52.6 Å². The van der Waals surface area contributed by atoms with Crippen molar-refractivity contribution >= 4 is 5.91 Å². The summed E-state index contributed by atoms with van der Waals surface area (Å²) in [5, 5.41) is 13.3. The third kappa shape index (κ3) is 2.80. The number of aliphatic hydroxyl groups is 1. The van der Waals surface area contributed by atoms with Crippen LogP contribution in [0.2, 0.25) is 0 Å². The van der Waals surface area contributed by atoms with Crippen molar-refractivity contribution in [2.24, 2.45) is 29.6 Å². The maximum absolute atomic E-state index is 12.6. The van der Waals surface area contributed by atoms with Crippen molar-refractivity contribution in [2.45, 2.75) is 44.4 Å². The Labute approximate surface area is 149 Å². The molecule has 4 heteroatoms. The third-order valence-electron chi connectivity index (χ3n) is 7.28. The molecule has 1 aromatic rings. The largest absolute Gasteiger partial charge is 0.392 e. The molecule has 0 aromatic heterocycles. The van der Waals surface area contributed by atoms with Gasteiger partial charge in [-0.15, -0.1) is 0 Å². The van der Waals surface area contributed by atoms with E-state index in [1.54, 1.807) is 0 Å². The summed E-state index contributed by atoms with van der Waals surface area (Å²) in [6.45, 7) is 2.22. The molecule has 1 saturated heterocycles. The number of aliphatic hydroxyl groups excluding tert-OH is 1. The maximum atomic E-state index is 12.6. The summed E-state index contributed by atoms with van der Waals surface area (Å²) in [4.78, 5) is 15.0. The lowest BCUT2D eigenvalue weighted by molar-refractivity contribution is -0.123. The molecule has 2 bridgehead atoms. The van der Waals surface area contributed by atoms with Gasteiger partial charge in [-0.25, -0.2) is 0 Å². The summed E-state index contributed by atoms with van der Waals surface area (Å²) >= 11 is 0. The van der Waals surface area contributed by atoms with E-state index in [2.05, 4.69) is 34.5 Å². The van der Waals surface area contributed by atoms with Crippen LogP contribution in [0.4, 0.5) is 0 Å². The fraction of sp³-hybridized carbons (Fsp3) is 0.667. The van der Waals surface area contributed by atoms with Crippen LogP contribution in [0.1, 0.15) is 31.2 Å². The maximum Gasteiger partial charge on any atom is 0.223 e. The molecule has 0 spiro atoms. The number of hydrogen-bond donors (Lipinski definition) is 2. The van der Waals surface area contributed by atoms with Gasteiger partial charge in [0, 0.05) is 31.6 Å². The van der Waals surface area contributed by atoms with Gasteiger partial charge in [-0.2, -0.15) is 0 Å². The van der Waals surface area contributed by atoms with Gasteiger partial charge in [0.2, 0.25) is 5.91 Å². The van der Waals surface area contributed by atoms with E-state index in [0.717, 1.165) is 24.8 Å². The zero-order chi connectivity index (χ0) is 17.0. The number of hydrogen-bond acceptors (Lipinski definition) is 3. The molecule has 4 aliphatic rings. The zero-order valence-electron chi connectivity index (χ0n) is 14.7. The minimum absolute atomic E-state index is 0.245. The Bertz CT molecular complexity index is 633. The van der Waals surface area contributed by atoms with E-state index in [1.165, 1.54) is 24.8 Å². The zero-order valence-corrected chi connectivity index (χ0v) is 14.7. The van der Waals surface area contributed by atoms with Crippen molar-refractivity contribution in [1.82, 2.24) is 10.2 Å². The molecule has 4 fully saturated rings. The van der Waals surface area contributed by atoms with Gasteiger partial charge in [-0.3, -0.25) is 9.69 Å². The van der Waals surface area contributed by atoms with Gasteiger partial charge in [0.1, 0.15) is 0 Å². The minimum Gasteiger partial charge on any atom is -0.392 e. The first kappa shape index (κ1) is 15.8. The highest BCUT2D eigenvalue weighted by Crippen LogP contribution is 2.69. The number of benzene rings is 1. The second-order valence-corrected chi connectivity index (χ2v) is 8.72. The van der Waals surface area contributed by atoms with Crippen molar-refractivity contribution in [1.29, 1.82) is 0 Å². The SMILES string of the molecule is O=C(NCC1CC(O)CN1Cc1ccccc1)C1C2C3CCC(C3)C12. The van der Waals surface area contributed by atoms with Crippen molar-refractivity contribution < 1.29 is 9.90 Å². The number of nitrogens with one attached hydrogen (secondary N) is 1. The molecule has 6 atom stereocenters. The Morgan fingerprint density at radius 2 is 1.84 bits per heavy atom. The second-order valence-electron chi connectivity index (χ2n) is 8.72. The van der Waals surface area contributed by atoms with E-state index in [9.17, 15) is 9.90 Å². The average Bonchev–Trinajstić information content (AvgIpc) is 2.89. The Hall–Kier alpha value is -1.39. The van der Waals surface area contributed by atoms with Gasteiger partial charge < -0.3 is 10.4 Å². The monoisotopic (exact) mass is 340 g/mol. The van der Waals surface area contributed by atoms with Crippen molar-refractivity contribution in [3.05, 3.63) is 35.9 Å². The van der Waals surface area contributed by atoms with E-state index in [-0.39, 0.29) is 18.1 Å². The molecule has 4 nitrogen and oxygen atoms in total. The quantitative estimate of drug-likeness (QED) is 0.862. The first-order chi connectivity index (χ1) is 12.2. The molecule has 3 aliphatic carbocycles. The fourth-order valence-electron chi connectivity index (χ4n) is 6.19.